The maximum absolute atomic E-state index is 6.73. The first kappa shape index (κ1) is 43.7. The van der Waals surface area contributed by atoms with E-state index in [0.717, 1.165) is 71.0 Å². The Kier molecular flexibility index (Phi) is 10.7. The van der Waals surface area contributed by atoms with Crippen molar-refractivity contribution in [3.05, 3.63) is 246 Å². The van der Waals surface area contributed by atoms with Crippen LogP contribution in [0.15, 0.2) is 224 Å². The minimum atomic E-state index is -0.183. The molecule has 6 nitrogen and oxygen atoms in total. The van der Waals surface area contributed by atoms with Gasteiger partial charge < -0.3 is 0 Å². The van der Waals surface area contributed by atoms with E-state index in [1.165, 1.54) is 33.0 Å². The summed E-state index contributed by atoms with van der Waals surface area (Å²) in [4.78, 5) is 7.52. The SMILES string of the molecule is CC(C)(C)c1cc(-c2ccccc2)c(-n2[c](=[Pt])n(-c3[c-]c(Oc4cccc(N5B(c6ccccc6)n6c7ccccc7c7cc[c-]c5c76)n4)ccc3)c3ccccc32)c(-c2ccc(-c3ccccc3)cc2)c1. The summed E-state index contributed by atoms with van der Waals surface area (Å²) in [6.07, 6.45) is 0. The van der Waals surface area contributed by atoms with Crippen molar-refractivity contribution in [2.24, 2.45) is 0 Å². The van der Waals surface area contributed by atoms with E-state index in [0.29, 0.717) is 11.6 Å². The summed E-state index contributed by atoms with van der Waals surface area (Å²) in [7, 11) is 0. The number of aromatic nitrogens is 4. The monoisotopic (exact) mass is 1110 g/mol. The first-order chi connectivity index (χ1) is 35.3. The van der Waals surface area contributed by atoms with Gasteiger partial charge in [-0.2, -0.15) is 12.1 Å². The molecule has 8 heteroatoms. The molecule has 72 heavy (non-hydrogen) atoms. The number of hydrogen-bond donors (Lipinski definition) is 0. The normalized spacial score (nSPS) is 12.4. The zero-order valence-electron chi connectivity index (χ0n) is 39.9. The number of anilines is 2. The van der Waals surface area contributed by atoms with Crippen LogP contribution in [-0.4, -0.2) is 25.6 Å². The van der Waals surface area contributed by atoms with Gasteiger partial charge in [-0.05, 0) is 11.5 Å². The third-order valence-electron chi connectivity index (χ3n) is 13.9. The molecule has 0 radical (unpaired) electrons. The molecule has 0 atom stereocenters. The average Bonchev–Trinajstić information content (AvgIpc) is 4.06. The first-order valence-corrected chi connectivity index (χ1v) is 25.5. The van der Waals surface area contributed by atoms with Crippen molar-refractivity contribution in [2.75, 3.05) is 4.81 Å². The quantitative estimate of drug-likeness (QED) is 0.107. The van der Waals surface area contributed by atoms with Gasteiger partial charge in [-0.1, -0.05) is 48.5 Å². The number of hydrogen-bond acceptors (Lipinski definition) is 3. The van der Waals surface area contributed by atoms with Crippen LogP contribution in [0.2, 0.25) is 0 Å². The second-order valence-electron chi connectivity index (χ2n) is 19.3. The number of ether oxygens (including phenoxy) is 1. The van der Waals surface area contributed by atoms with Crippen molar-refractivity contribution in [3.63, 3.8) is 0 Å². The van der Waals surface area contributed by atoms with Crippen LogP contribution in [0.4, 0.5) is 11.5 Å². The maximum atomic E-state index is 6.73. The Balaban J connectivity index is 0.930. The Morgan fingerprint density at radius 1 is 0.542 bits per heavy atom. The zero-order chi connectivity index (χ0) is 48.5. The van der Waals surface area contributed by atoms with Gasteiger partial charge in [0.1, 0.15) is 0 Å². The summed E-state index contributed by atoms with van der Waals surface area (Å²) in [6.45, 7) is 6.71. The van der Waals surface area contributed by atoms with Crippen LogP contribution >= 0.6 is 0 Å². The molecular weight excluding hydrogens is 1060 g/mol. The fourth-order valence-electron chi connectivity index (χ4n) is 10.5. The van der Waals surface area contributed by atoms with Crippen LogP contribution < -0.4 is 15.0 Å². The van der Waals surface area contributed by atoms with E-state index in [1.54, 1.807) is 0 Å². The molecule has 348 valence electrons. The second-order valence-corrected chi connectivity index (χ2v) is 20.4. The first-order valence-electron chi connectivity index (χ1n) is 24.3. The van der Waals surface area contributed by atoms with E-state index in [4.69, 9.17) is 9.72 Å². The number of rotatable bonds is 9. The van der Waals surface area contributed by atoms with Crippen molar-refractivity contribution in [1.29, 1.82) is 0 Å². The summed E-state index contributed by atoms with van der Waals surface area (Å²) in [5.74, 6) is 1.79. The van der Waals surface area contributed by atoms with Gasteiger partial charge in [0.15, 0.2) is 0 Å². The van der Waals surface area contributed by atoms with Crippen LogP contribution in [0, 0.1) is 15.9 Å². The van der Waals surface area contributed by atoms with E-state index >= 15 is 0 Å². The van der Waals surface area contributed by atoms with Crippen molar-refractivity contribution < 1.29 is 24.1 Å². The van der Waals surface area contributed by atoms with E-state index in [9.17, 15) is 0 Å². The average molecular weight is 1110 g/mol. The van der Waals surface area contributed by atoms with E-state index < -0.39 is 0 Å². The number of fused-ring (bicyclic) bond motifs is 4. The van der Waals surface area contributed by atoms with Crippen LogP contribution in [0.3, 0.4) is 0 Å². The molecule has 0 saturated carbocycles. The molecule has 0 N–H and O–H groups in total. The zero-order valence-corrected chi connectivity index (χ0v) is 42.2. The van der Waals surface area contributed by atoms with E-state index in [-0.39, 0.29) is 12.4 Å². The summed E-state index contributed by atoms with van der Waals surface area (Å²) in [6, 6.07) is 86.7. The second kappa shape index (κ2) is 17.6. The van der Waals surface area contributed by atoms with E-state index in [2.05, 4.69) is 265 Å². The molecule has 9 aromatic carbocycles. The van der Waals surface area contributed by atoms with Crippen molar-refractivity contribution in [3.8, 4) is 56.4 Å². The fourth-order valence-corrected chi connectivity index (χ4v) is 11.6. The predicted octanol–water partition coefficient (Wildman–Crippen LogP) is 15.1. The van der Waals surface area contributed by atoms with Gasteiger partial charge in [-0.25, -0.2) is 0 Å². The summed E-state index contributed by atoms with van der Waals surface area (Å²) >= 11 is 2.50. The Morgan fingerprint density at radius 3 is 1.83 bits per heavy atom. The van der Waals surface area contributed by atoms with Crippen molar-refractivity contribution in [2.45, 2.75) is 26.2 Å². The number of para-hydroxylation sites is 3. The van der Waals surface area contributed by atoms with Crippen LogP contribution in [0.5, 0.6) is 11.6 Å². The van der Waals surface area contributed by atoms with Crippen LogP contribution in [0.25, 0.3) is 77.6 Å². The molecule has 13 rings (SSSR count). The topological polar surface area (TPSA) is 40.1 Å². The van der Waals surface area contributed by atoms with Crippen LogP contribution in [-0.2, 0) is 24.8 Å². The molecule has 1 aliphatic heterocycles. The number of benzene rings is 9. The molecular formula is C64H46BN5OPt-2. The molecule has 1 aliphatic rings. The molecule has 0 unspecified atom stereocenters. The molecule has 4 heterocycles. The standard InChI is InChI=1S/C64H46BN5O.Pt/c1-64(2,3)48-40-54(46-22-9-5-10-23-46)62(55(41-48)47-38-36-45(37-39-47)44-20-7-4-8-21-44)68-43-67(57-31-15-16-32-58(57)68)50-26-17-27-51(42-50)71-61-35-19-34-60(66-61)69-59-33-18-29-53-52-28-13-14-30-56(52)70(63(53)59)65(69)49-24-11-6-12-25-49;/h4-32,34-41H,1-3H3;/q-2;. The molecule has 0 spiro atoms. The molecule has 0 saturated heterocycles. The number of nitrogens with zero attached hydrogens (tertiary/aromatic N) is 5. The molecule has 0 aliphatic carbocycles. The molecule has 0 amide bonds. The van der Waals surface area contributed by atoms with Crippen molar-refractivity contribution >= 4 is 56.8 Å². The summed E-state index contributed by atoms with van der Waals surface area (Å²) < 4.78 is 14.9. The van der Waals surface area contributed by atoms with Gasteiger partial charge in [0.2, 0.25) is 0 Å². The Hall–Kier alpha value is -8.25. The summed E-state index contributed by atoms with van der Waals surface area (Å²) in [5, 5.41) is 2.42. The Morgan fingerprint density at radius 2 is 1.12 bits per heavy atom. The Bertz CT molecular complexity index is 4080. The summed E-state index contributed by atoms with van der Waals surface area (Å²) in [5.41, 5.74) is 16.7. The Labute approximate surface area is 430 Å². The van der Waals surface area contributed by atoms with Gasteiger partial charge in [0.05, 0.1) is 0 Å². The third-order valence-corrected chi connectivity index (χ3v) is 14.9. The van der Waals surface area contributed by atoms with Gasteiger partial charge in [-0.15, -0.1) is 5.39 Å². The third kappa shape index (κ3) is 7.38. The van der Waals surface area contributed by atoms with Crippen molar-refractivity contribution in [1.82, 2.24) is 18.6 Å². The minimum absolute atomic E-state index is 0.109. The molecule has 0 fully saturated rings. The molecule has 0 bridgehead atoms. The van der Waals surface area contributed by atoms with Gasteiger partial charge in [0.25, 0.3) is 0 Å². The molecule has 3 aromatic heterocycles. The van der Waals surface area contributed by atoms with Gasteiger partial charge in [-0.3, -0.25) is 0 Å². The fraction of sp³-hybridized carbons (Fsp3) is 0.0625. The van der Waals surface area contributed by atoms with Crippen LogP contribution in [0.1, 0.15) is 26.3 Å². The van der Waals surface area contributed by atoms with Gasteiger partial charge >= 0.3 is 350 Å². The predicted molar refractivity (Wildman–Crippen MR) is 292 cm³/mol. The van der Waals surface area contributed by atoms with E-state index in [1.807, 2.05) is 30.3 Å². The molecule has 12 aromatic rings. The van der Waals surface area contributed by atoms with Gasteiger partial charge in [0, 0.05) is 5.52 Å². The number of imidazole rings is 1. The number of pyridine rings is 1.